The molecule has 0 N–H and O–H groups in total. The number of hydrogen-bond donors (Lipinski definition) is 0. The minimum atomic E-state index is -0.0673. The topological polar surface area (TPSA) is 76.8 Å². The molecule has 1 amide bonds. The molecule has 104 valence electrons. The van der Waals surface area contributed by atoms with Gasteiger partial charge in [0.1, 0.15) is 18.3 Å². The van der Waals surface area contributed by atoms with Crippen LogP contribution in [0.15, 0.2) is 25.0 Å². The Balaban J connectivity index is 1.73. The number of amides is 1. The fourth-order valence-corrected chi connectivity index (χ4v) is 2.43. The highest BCUT2D eigenvalue weighted by molar-refractivity contribution is 5.92. The van der Waals surface area contributed by atoms with E-state index in [1.165, 1.54) is 12.5 Å². The van der Waals surface area contributed by atoms with Crippen LogP contribution in [0.25, 0.3) is 0 Å². The van der Waals surface area contributed by atoms with Crippen molar-refractivity contribution < 1.29 is 4.79 Å². The number of hydrogen-bond acceptors (Lipinski definition) is 5. The molecule has 0 spiro atoms. The van der Waals surface area contributed by atoms with Gasteiger partial charge in [0.05, 0.1) is 17.9 Å². The van der Waals surface area contributed by atoms with E-state index in [-0.39, 0.29) is 11.9 Å². The van der Waals surface area contributed by atoms with Crippen LogP contribution in [0.5, 0.6) is 0 Å². The van der Waals surface area contributed by atoms with Crippen LogP contribution in [-0.2, 0) is 0 Å². The molecule has 20 heavy (non-hydrogen) atoms. The van der Waals surface area contributed by atoms with E-state index < -0.39 is 0 Å². The van der Waals surface area contributed by atoms with Gasteiger partial charge in [0.25, 0.3) is 5.91 Å². The summed E-state index contributed by atoms with van der Waals surface area (Å²) in [4.78, 5) is 26.5. The van der Waals surface area contributed by atoms with Gasteiger partial charge in [0.15, 0.2) is 0 Å². The van der Waals surface area contributed by atoms with Crippen molar-refractivity contribution in [3.63, 3.8) is 0 Å². The second-order valence-corrected chi connectivity index (χ2v) is 4.97. The molecule has 1 fully saturated rings. The summed E-state index contributed by atoms with van der Waals surface area (Å²) < 4.78 is 1.82. The van der Waals surface area contributed by atoms with Gasteiger partial charge < -0.3 is 4.90 Å². The number of likely N-dealkylation sites (tertiary alicyclic amines) is 1. The molecule has 1 atom stereocenters. The fourth-order valence-electron chi connectivity index (χ4n) is 2.43. The highest BCUT2D eigenvalue weighted by Crippen LogP contribution is 2.21. The summed E-state index contributed by atoms with van der Waals surface area (Å²) in [5, 5.41) is 4.16. The van der Waals surface area contributed by atoms with Gasteiger partial charge in [0.2, 0.25) is 0 Å². The molecule has 0 saturated carbocycles. The Labute approximate surface area is 116 Å². The highest BCUT2D eigenvalue weighted by Gasteiger charge is 2.26. The molecule has 0 aliphatic carbocycles. The van der Waals surface area contributed by atoms with E-state index in [0.29, 0.717) is 12.2 Å². The maximum Gasteiger partial charge on any atom is 0.274 e. The molecule has 3 rings (SSSR count). The first-order chi connectivity index (χ1) is 9.74. The first-order valence-corrected chi connectivity index (χ1v) is 6.66. The standard InChI is InChI=1S/C13H16N6O/c1-10-5-16-12(6-15-10)13(20)18-4-2-3-11(7-18)19-9-14-8-17-19/h5-6,8-9,11H,2-4,7H2,1H3/t11-/m1/s1. The lowest BCUT2D eigenvalue weighted by Crippen LogP contribution is -2.41. The van der Waals surface area contributed by atoms with Crippen LogP contribution in [0.4, 0.5) is 0 Å². The minimum absolute atomic E-state index is 0.0673. The van der Waals surface area contributed by atoms with Gasteiger partial charge in [0, 0.05) is 19.3 Å². The second kappa shape index (κ2) is 5.36. The molecule has 0 radical (unpaired) electrons. The first kappa shape index (κ1) is 12.7. The van der Waals surface area contributed by atoms with Crippen molar-refractivity contribution in [3.05, 3.63) is 36.4 Å². The van der Waals surface area contributed by atoms with Gasteiger partial charge in [-0.1, -0.05) is 0 Å². The number of aromatic nitrogens is 5. The molecule has 7 nitrogen and oxygen atoms in total. The van der Waals surface area contributed by atoms with Crippen LogP contribution in [0, 0.1) is 6.92 Å². The van der Waals surface area contributed by atoms with E-state index in [1.54, 1.807) is 12.5 Å². The predicted molar refractivity (Wildman–Crippen MR) is 71.0 cm³/mol. The van der Waals surface area contributed by atoms with E-state index in [1.807, 2.05) is 16.5 Å². The van der Waals surface area contributed by atoms with Gasteiger partial charge in [-0.15, -0.1) is 0 Å². The molecule has 0 aromatic carbocycles. The molecular weight excluding hydrogens is 256 g/mol. The van der Waals surface area contributed by atoms with Crippen molar-refractivity contribution in [2.45, 2.75) is 25.8 Å². The van der Waals surface area contributed by atoms with Crippen molar-refractivity contribution in [1.82, 2.24) is 29.6 Å². The van der Waals surface area contributed by atoms with E-state index in [2.05, 4.69) is 20.1 Å². The lowest BCUT2D eigenvalue weighted by molar-refractivity contribution is 0.0666. The summed E-state index contributed by atoms with van der Waals surface area (Å²) in [5.41, 5.74) is 1.20. The molecular formula is C13H16N6O. The number of carbonyl (C=O) groups is 1. The van der Waals surface area contributed by atoms with Crippen molar-refractivity contribution in [3.8, 4) is 0 Å². The van der Waals surface area contributed by atoms with Crippen molar-refractivity contribution in [2.24, 2.45) is 0 Å². The number of nitrogens with zero attached hydrogens (tertiary/aromatic N) is 6. The largest absolute Gasteiger partial charge is 0.335 e. The Kier molecular flexibility index (Phi) is 3.41. The maximum atomic E-state index is 12.4. The maximum absolute atomic E-state index is 12.4. The number of rotatable bonds is 2. The smallest absolute Gasteiger partial charge is 0.274 e. The average Bonchev–Trinajstić information content (AvgIpc) is 3.02. The van der Waals surface area contributed by atoms with E-state index in [4.69, 9.17) is 0 Å². The Morgan fingerprint density at radius 3 is 2.95 bits per heavy atom. The molecule has 0 bridgehead atoms. The van der Waals surface area contributed by atoms with Crippen LogP contribution >= 0.6 is 0 Å². The summed E-state index contributed by atoms with van der Waals surface area (Å²) >= 11 is 0. The lowest BCUT2D eigenvalue weighted by atomic mass is 10.1. The van der Waals surface area contributed by atoms with Gasteiger partial charge in [-0.3, -0.25) is 9.78 Å². The van der Waals surface area contributed by atoms with Gasteiger partial charge in [-0.2, -0.15) is 5.10 Å². The van der Waals surface area contributed by atoms with E-state index in [9.17, 15) is 4.79 Å². The van der Waals surface area contributed by atoms with Crippen LogP contribution in [-0.4, -0.2) is 48.6 Å². The zero-order chi connectivity index (χ0) is 13.9. The molecule has 2 aromatic rings. The summed E-state index contributed by atoms with van der Waals surface area (Å²) in [7, 11) is 0. The minimum Gasteiger partial charge on any atom is -0.335 e. The quantitative estimate of drug-likeness (QED) is 0.810. The summed E-state index contributed by atoms with van der Waals surface area (Å²) in [6.07, 6.45) is 8.33. The number of piperidine rings is 1. The molecule has 7 heteroatoms. The number of aryl methyl sites for hydroxylation is 1. The predicted octanol–water partition coefficient (Wildman–Crippen LogP) is 0.854. The molecule has 1 aliphatic heterocycles. The van der Waals surface area contributed by atoms with Gasteiger partial charge in [-0.05, 0) is 19.8 Å². The van der Waals surface area contributed by atoms with Crippen LogP contribution in [0.2, 0.25) is 0 Å². The van der Waals surface area contributed by atoms with Crippen LogP contribution in [0.3, 0.4) is 0 Å². The van der Waals surface area contributed by atoms with Gasteiger partial charge in [-0.25, -0.2) is 14.6 Å². The summed E-state index contributed by atoms with van der Waals surface area (Å²) in [6.45, 7) is 3.24. The third kappa shape index (κ3) is 2.52. The third-order valence-electron chi connectivity index (χ3n) is 3.49. The van der Waals surface area contributed by atoms with Crippen molar-refractivity contribution in [1.29, 1.82) is 0 Å². The van der Waals surface area contributed by atoms with E-state index >= 15 is 0 Å². The highest BCUT2D eigenvalue weighted by atomic mass is 16.2. The van der Waals surface area contributed by atoms with Crippen molar-refractivity contribution in [2.75, 3.05) is 13.1 Å². The van der Waals surface area contributed by atoms with Crippen LogP contribution < -0.4 is 0 Å². The molecule has 2 aromatic heterocycles. The Hall–Kier alpha value is -2.31. The Morgan fingerprint density at radius 1 is 1.35 bits per heavy atom. The molecule has 1 saturated heterocycles. The summed E-state index contributed by atoms with van der Waals surface area (Å²) in [6, 6.07) is 0.189. The van der Waals surface area contributed by atoms with Crippen molar-refractivity contribution >= 4 is 5.91 Å². The Bertz CT molecular complexity index is 579. The zero-order valence-electron chi connectivity index (χ0n) is 11.3. The molecule has 0 unspecified atom stereocenters. The normalized spacial score (nSPS) is 19.1. The average molecular weight is 272 g/mol. The SMILES string of the molecule is Cc1cnc(C(=O)N2CCC[C@@H](n3cncn3)C2)cn1. The monoisotopic (exact) mass is 272 g/mol. The zero-order valence-corrected chi connectivity index (χ0v) is 11.3. The Morgan fingerprint density at radius 2 is 2.25 bits per heavy atom. The summed E-state index contributed by atoms with van der Waals surface area (Å²) in [5.74, 6) is -0.0673. The second-order valence-electron chi connectivity index (χ2n) is 4.97. The van der Waals surface area contributed by atoms with Gasteiger partial charge >= 0.3 is 0 Å². The molecule has 1 aliphatic rings. The number of carbonyl (C=O) groups excluding carboxylic acids is 1. The first-order valence-electron chi connectivity index (χ1n) is 6.66. The lowest BCUT2D eigenvalue weighted by Gasteiger charge is -2.32. The molecule has 3 heterocycles. The van der Waals surface area contributed by atoms with Crippen LogP contribution in [0.1, 0.15) is 35.1 Å². The van der Waals surface area contributed by atoms with E-state index in [0.717, 1.165) is 25.1 Å². The fraction of sp³-hybridized carbons (Fsp3) is 0.462. The third-order valence-corrected chi connectivity index (χ3v) is 3.49.